The van der Waals surface area contributed by atoms with E-state index in [4.69, 9.17) is 0 Å². The second-order valence-corrected chi connectivity index (χ2v) is 5.72. The van der Waals surface area contributed by atoms with Crippen LogP contribution in [0.15, 0.2) is 42.5 Å². The molecule has 1 N–H and O–H groups in total. The van der Waals surface area contributed by atoms with Crippen molar-refractivity contribution in [3.05, 3.63) is 48.0 Å². The maximum absolute atomic E-state index is 3.60. The molecule has 0 saturated heterocycles. The summed E-state index contributed by atoms with van der Waals surface area (Å²) < 4.78 is 0. The molecule has 2 aromatic rings. The number of nitrogens with one attached hydrogen (secondary N) is 1. The van der Waals surface area contributed by atoms with Crippen molar-refractivity contribution in [1.82, 2.24) is 5.32 Å². The molecule has 0 aliphatic heterocycles. The summed E-state index contributed by atoms with van der Waals surface area (Å²) in [7, 11) is 0. The largest absolute Gasteiger partial charge is 0.306 e. The molecule has 0 amide bonds. The van der Waals surface area contributed by atoms with Gasteiger partial charge in [-0.1, -0.05) is 36.4 Å². The van der Waals surface area contributed by atoms with Crippen molar-refractivity contribution < 1.29 is 0 Å². The molecule has 90 valence electrons. The molecule has 0 saturated carbocycles. The quantitative estimate of drug-likeness (QED) is 0.807. The lowest BCUT2D eigenvalue weighted by atomic mass is 10.00. The van der Waals surface area contributed by atoms with Gasteiger partial charge in [-0.15, -0.1) is 0 Å². The average Bonchev–Trinajstić information content (AvgIpc) is 2.26. The smallest absolute Gasteiger partial charge is 0.0296 e. The molecule has 2 rings (SSSR count). The van der Waals surface area contributed by atoms with Crippen molar-refractivity contribution in [2.45, 2.75) is 39.3 Å². The van der Waals surface area contributed by atoms with Gasteiger partial charge in [-0.3, -0.25) is 0 Å². The zero-order chi connectivity index (χ0) is 12.5. The van der Waals surface area contributed by atoms with E-state index in [0.717, 1.165) is 0 Å². The second-order valence-electron chi connectivity index (χ2n) is 5.72. The first-order valence-corrected chi connectivity index (χ1v) is 6.22. The Morgan fingerprint density at radius 2 is 1.59 bits per heavy atom. The van der Waals surface area contributed by atoms with E-state index < -0.39 is 0 Å². The van der Waals surface area contributed by atoms with Gasteiger partial charge in [-0.05, 0) is 50.1 Å². The van der Waals surface area contributed by atoms with E-state index in [1.54, 1.807) is 0 Å². The minimum atomic E-state index is 0.144. The lowest BCUT2D eigenvalue weighted by molar-refractivity contribution is 0.378. The molecule has 1 nitrogen and oxygen atoms in total. The fourth-order valence-electron chi connectivity index (χ4n) is 2.21. The zero-order valence-corrected chi connectivity index (χ0v) is 11.1. The second kappa shape index (κ2) is 4.50. The van der Waals surface area contributed by atoms with Crippen LogP contribution >= 0.6 is 0 Å². The predicted molar refractivity (Wildman–Crippen MR) is 75.3 cm³/mol. The third-order valence-electron chi connectivity index (χ3n) is 2.92. The van der Waals surface area contributed by atoms with Gasteiger partial charge in [-0.25, -0.2) is 0 Å². The normalized spacial score (nSPS) is 13.9. The van der Waals surface area contributed by atoms with Gasteiger partial charge in [0.05, 0.1) is 0 Å². The van der Waals surface area contributed by atoms with Crippen LogP contribution in [0.4, 0.5) is 0 Å². The maximum atomic E-state index is 3.60. The summed E-state index contributed by atoms with van der Waals surface area (Å²) in [6.45, 7) is 8.81. The molecular weight excluding hydrogens is 206 g/mol. The average molecular weight is 227 g/mol. The highest BCUT2D eigenvalue weighted by Crippen LogP contribution is 2.21. The molecule has 2 aromatic carbocycles. The van der Waals surface area contributed by atoms with E-state index in [2.05, 4.69) is 75.5 Å². The van der Waals surface area contributed by atoms with Crippen molar-refractivity contribution in [3.8, 4) is 0 Å². The fraction of sp³-hybridized carbons (Fsp3) is 0.375. The van der Waals surface area contributed by atoms with Crippen LogP contribution in [-0.4, -0.2) is 5.54 Å². The van der Waals surface area contributed by atoms with Crippen LogP contribution in [0.1, 0.15) is 39.3 Å². The molecule has 0 unspecified atom stereocenters. The first kappa shape index (κ1) is 12.1. The zero-order valence-electron chi connectivity index (χ0n) is 11.1. The van der Waals surface area contributed by atoms with Gasteiger partial charge in [0, 0.05) is 11.6 Å². The van der Waals surface area contributed by atoms with E-state index in [0.29, 0.717) is 6.04 Å². The van der Waals surface area contributed by atoms with Crippen LogP contribution in [-0.2, 0) is 0 Å². The Kier molecular flexibility index (Phi) is 3.21. The predicted octanol–water partition coefficient (Wildman–Crippen LogP) is 4.29. The van der Waals surface area contributed by atoms with Crippen LogP contribution < -0.4 is 5.32 Å². The molecule has 0 aliphatic rings. The molecule has 0 aromatic heterocycles. The van der Waals surface area contributed by atoms with Gasteiger partial charge in [-0.2, -0.15) is 0 Å². The fourth-order valence-corrected chi connectivity index (χ4v) is 2.21. The molecule has 17 heavy (non-hydrogen) atoms. The number of hydrogen-bond donors (Lipinski definition) is 1. The number of rotatable bonds is 2. The highest BCUT2D eigenvalue weighted by Gasteiger charge is 2.14. The van der Waals surface area contributed by atoms with Crippen molar-refractivity contribution in [1.29, 1.82) is 0 Å². The standard InChI is InChI=1S/C16H21N/c1-12(17-16(2,3)4)14-10-9-13-7-5-6-8-15(13)11-14/h5-12,17H,1-4H3/t12-/m1/s1. The minimum Gasteiger partial charge on any atom is -0.306 e. The van der Waals surface area contributed by atoms with Gasteiger partial charge in [0.25, 0.3) is 0 Å². The summed E-state index contributed by atoms with van der Waals surface area (Å²) in [6, 6.07) is 15.6. The highest BCUT2D eigenvalue weighted by atomic mass is 15.0. The first-order chi connectivity index (χ1) is 7.96. The summed E-state index contributed by atoms with van der Waals surface area (Å²) in [6.07, 6.45) is 0. The third kappa shape index (κ3) is 3.07. The van der Waals surface area contributed by atoms with E-state index in [9.17, 15) is 0 Å². The van der Waals surface area contributed by atoms with Crippen LogP contribution in [0.2, 0.25) is 0 Å². The minimum absolute atomic E-state index is 0.144. The molecule has 0 bridgehead atoms. The van der Waals surface area contributed by atoms with Gasteiger partial charge in [0.1, 0.15) is 0 Å². The van der Waals surface area contributed by atoms with Crippen molar-refractivity contribution in [2.75, 3.05) is 0 Å². The first-order valence-electron chi connectivity index (χ1n) is 6.22. The van der Waals surface area contributed by atoms with E-state index in [1.165, 1.54) is 16.3 Å². The maximum Gasteiger partial charge on any atom is 0.0296 e. The molecule has 0 radical (unpaired) electrons. The van der Waals surface area contributed by atoms with Gasteiger partial charge in [0.15, 0.2) is 0 Å². The molecule has 1 atom stereocenters. The van der Waals surface area contributed by atoms with E-state index >= 15 is 0 Å². The Morgan fingerprint density at radius 1 is 0.941 bits per heavy atom. The lowest BCUT2D eigenvalue weighted by Gasteiger charge is -2.26. The summed E-state index contributed by atoms with van der Waals surface area (Å²) in [4.78, 5) is 0. The number of fused-ring (bicyclic) bond motifs is 1. The summed E-state index contributed by atoms with van der Waals surface area (Å²) in [5.41, 5.74) is 1.49. The summed E-state index contributed by atoms with van der Waals surface area (Å²) >= 11 is 0. The Bertz CT molecular complexity index is 508. The Labute approximate surface area is 104 Å². The van der Waals surface area contributed by atoms with E-state index in [-0.39, 0.29) is 5.54 Å². The van der Waals surface area contributed by atoms with E-state index in [1.807, 2.05) is 0 Å². The van der Waals surface area contributed by atoms with Crippen molar-refractivity contribution >= 4 is 10.8 Å². The molecule has 0 heterocycles. The van der Waals surface area contributed by atoms with Crippen LogP contribution in [0.25, 0.3) is 10.8 Å². The summed E-state index contributed by atoms with van der Waals surface area (Å²) in [5.74, 6) is 0. The topological polar surface area (TPSA) is 12.0 Å². The van der Waals surface area contributed by atoms with Crippen molar-refractivity contribution in [2.24, 2.45) is 0 Å². The van der Waals surface area contributed by atoms with Gasteiger partial charge < -0.3 is 5.32 Å². The van der Waals surface area contributed by atoms with Crippen molar-refractivity contribution in [3.63, 3.8) is 0 Å². The number of hydrogen-bond acceptors (Lipinski definition) is 1. The molecule has 0 aliphatic carbocycles. The van der Waals surface area contributed by atoms with Gasteiger partial charge in [0.2, 0.25) is 0 Å². The Morgan fingerprint density at radius 3 is 2.24 bits per heavy atom. The lowest BCUT2D eigenvalue weighted by Crippen LogP contribution is -2.37. The number of benzene rings is 2. The molecular formula is C16H21N. The van der Waals surface area contributed by atoms with Crippen LogP contribution in [0.3, 0.4) is 0 Å². The molecule has 1 heteroatoms. The summed E-state index contributed by atoms with van der Waals surface area (Å²) in [5, 5.41) is 6.22. The highest BCUT2D eigenvalue weighted by molar-refractivity contribution is 5.83. The van der Waals surface area contributed by atoms with Gasteiger partial charge >= 0.3 is 0 Å². The molecule has 0 fully saturated rings. The SMILES string of the molecule is C[C@@H](NC(C)(C)C)c1ccc2ccccc2c1. The Hall–Kier alpha value is -1.34. The third-order valence-corrected chi connectivity index (χ3v) is 2.92. The van der Waals surface area contributed by atoms with Crippen LogP contribution in [0, 0.1) is 0 Å². The van der Waals surface area contributed by atoms with Crippen LogP contribution in [0.5, 0.6) is 0 Å². The monoisotopic (exact) mass is 227 g/mol. The molecule has 0 spiro atoms. The Balaban J connectivity index is 2.30.